The van der Waals surface area contributed by atoms with Crippen molar-refractivity contribution in [2.75, 3.05) is 19.8 Å². The fraction of sp³-hybridized carbons (Fsp3) is 0.800. The summed E-state index contributed by atoms with van der Waals surface area (Å²) >= 11 is 0. The van der Waals surface area contributed by atoms with Gasteiger partial charge in [-0.05, 0) is 19.8 Å². The van der Waals surface area contributed by atoms with Gasteiger partial charge in [0.15, 0.2) is 0 Å². The van der Waals surface area contributed by atoms with Crippen molar-refractivity contribution in [3.8, 4) is 0 Å². The number of carbonyl (C=O) groups excluding carboxylic acids is 2. The number of amides is 2. The van der Waals surface area contributed by atoms with Gasteiger partial charge in [0.1, 0.15) is 6.61 Å². The third-order valence-electron chi connectivity index (χ3n) is 2.26. The number of nitrogens with one attached hydrogen (secondary N) is 2. The molecule has 0 spiro atoms. The summed E-state index contributed by atoms with van der Waals surface area (Å²) in [4.78, 5) is 21.8. The van der Waals surface area contributed by atoms with Crippen LogP contribution < -0.4 is 16.4 Å². The maximum atomic E-state index is 11.5. The van der Waals surface area contributed by atoms with E-state index in [0.717, 1.165) is 12.8 Å². The Labute approximate surface area is 94.9 Å². The van der Waals surface area contributed by atoms with Crippen LogP contribution in [0.5, 0.6) is 0 Å². The molecule has 1 aliphatic carbocycles. The molecule has 1 fully saturated rings. The number of ether oxygens (including phenoxy) is 1. The molecule has 1 saturated carbocycles. The standard InChI is InChI=1S/C10H19N3O3/c1-7(10(15)13-8-2-3-8)12-4-5-16-6-9(11)14/h7-8,12H,2-6H2,1H3,(H2,11,14)(H,13,15). The molecule has 0 aromatic carbocycles. The van der Waals surface area contributed by atoms with Crippen LogP contribution >= 0.6 is 0 Å². The monoisotopic (exact) mass is 229 g/mol. The zero-order valence-electron chi connectivity index (χ0n) is 9.49. The topological polar surface area (TPSA) is 93.4 Å². The van der Waals surface area contributed by atoms with Gasteiger partial charge in [0, 0.05) is 12.6 Å². The first-order chi connectivity index (χ1) is 7.59. The minimum Gasteiger partial charge on any atom is -0.370 e. The molecule has 1 unspecified atom stereocenters. The lowest BCUT2D eigenvalue weighted by molar-refractivity contribution is -0.124. The molecular formula is C10H19N3O3. The van der Waals surface area contributed by atoms with Gasteiger partial charge >= 0.3 is 0 Å². The predicted molar refractivity (Wildman–Crippen MR) is 58.6 cm³/mol. The highest BCUT2D eigenvalue weighted by Crippen LogP contribution is 2.18. The maximum absolute atomic E-state index is 11.5. The summed E-state index contributed by atoms with van der Waals surface area (Å²) in [5.41, 5.74) is 4.90. The molecule has 0 radical (unpaired) electrons. The molecule has 6 heteroatoms. The normalized spacial score (nSPS) is 16.8. The van der Waals surface area contributed by atoms with Gasteiger partial charge in [0.2, 0.25) is 11.8 Å². The molecule has 0 aromatic rings. The number of hydrogen-bond donors (Lipinski definition) is 3. The average molecular weight is 229 g/mol. The van der Waals surface area contributed by atoms with Crippen LogP contribution in [0.4, 0.5) is 0 Å². The van der Waals surface area contributed by atoms with E-state index in [0.29, 0.717) is 19.2 Å². The lowest BCUT2D eigenvalue weighted by Gasteiger charge is -2.13. The highest BCUT2D eigenvalue weighted by Gasteiger charge is 2.25. The van der Waals surface area contributed by atoms with E-state index in [1.165, 1.54) is 0 Å². The van der Waals surface area contributed by atoms with Crippen LogP contribution in [0.1, 0.15) is 19.8 Å². The third kappa shape index (κ3) is 5.67. The summed E-state index contributed by atoms with van der Waals surface area (Å²) < 4.78 is 4.95. The molecule has 16 heavy (non-hydrogen) atoms. The van der Waals surface area contributed by atoms with Crippen molar-refractivity contribution in [3.05, 3.63) is 0 Å². The van der Waals surface area contributed by atoms with Gasteiger partial charge in [0.25, 0.3) is 0 Å². The summed E-state index contributed by atoms with van der Waals surface area (Å²) in [6, 6.07) is 0.139. The van der Waals surface area contributed by atoms with Gasteiger partial charge in [-0.3, -0.25) is 9.59 Å². The van der Waals surface area contributed by atoms with Crippen LogP contribution in [-0.4, -0.2) is 43.7 Å². The van der Waals surface area contributed by atoms with Gasteiger partial charge in [-0.2, -0.15) is 0 Å². The van der Waals surface area contributed by atoms with Gasteiger partial charge < -0.3 is 21.1 Å². The Bertz CT molecular complexity index is 254. The first-order valence-corrected chi connectivity index (χ1v) is 5.49. The number of primary amides is 1. The maximum Gasteiger partial charge on any atom is 0.243 e. The number of nitrogens with two attached hydrogens (primary N) is 1. The number of rotatable bonds is 8. The Hall–Kier alpha value is -1.14. The molecule has 0 aliphatic heterocycles. The van der Waals surface area contributed by atoms with Crippen molar-refractivity contribution in [2.24, 2.45) is 5.73 Å². The van der Waals surface area contributed by atoms with Crippen molar-refractivity contribution in [3.63, 3.8) is 0 Å². The predicted octanol–water partition coefficient (Wildman–Crippen LogP) is -1.25. The quantitative estimate of drug-likeness (QED) is 0.453. The van der Waals surface area contributed by atoms with Crippen LogP contribution in [0, 0.1) is 0 Å². The van der Waals surface area contributed by atoms with Crippen LogP contribution in [0.25, 0.3) is 0 Å². The van der Waals surface area contributed by atoms with Gasteiger partial charge in [-0.25, -0.2) is 0 Å². The zero-order valence-corrected chi connectivity index (χ0v) is 9.49. The van der Waals surface area contributed by atoms with Crippen LogP contribution in [0.3, 0.4) is 0 Å². The molecule has 0 aromatic heterocycles. The first kappa shape index (κ1) is 12.9. The molecule has 4 N–H and O–H groups in total. The minimum absolute atomic E-state index is 0.0115. The summed E-state index contributed by atoms with van der Waals surface area (Å²) in [5.74, 6) is -0.475. The number of hydrogen-bond acceptors (Lipinski definition) is 4. The van der Waals surface area contributed by atoms with E-state index in [-0.39, 0.29) is 18.6 Å². The first-order valence-electron chi connectivity index (χ1n) is 5.49. The average Bonchev–Trinajstić information content (AvgIpc) is 3.00. The van der Waals surface area contributed by atoms with E-state index in [1.54, 1.807) is 6.92 Å². The minimum atomic E-state index is -0.487. The summed E-state index contributed by atoms with van der Waals surface area (Å²) in [5, 5.41) is 5.90. The second-order valence-corrected chi connectivity index (χ2v) is 3.98. The van der Waals surface area contributed by atoms with E-state index in [4.69, 9.17) is 10.5 Å². The molecule has 0 bridgehead atoms. The van der Waals surface area contributed by atoms with E-state index < -0.39 is 5.91 Å². The van der Waals surface area contributed by atoms with Crippen LogP contribution in [-0.2, 0) is 14.3 Å². The summed E-state index contributed by atoms with van der Waals surface area (Å²) in [7, 11) is 0. The molecule has 0 heterocycles. The molecule has 92 valence electrons. The zero-order chi connectivity index (χ0) is 12.0. The van der Waals surface area contributed by atoms with Crippen molar-refractivity contribution in [2.45, 2.75) is 31.8 Å². The lowest BCUT2D eigenvalue weighted by atomic mass is 10.3. The Morgan fingerprint density at radius 1 is 1.50 bits per heavy atom. The molecule has 1 aliphatic rings. The van der Waals surface area contributed by atoms with Crippen molar-refractivity contribution in [1.82, 2.24) is 10.6 Å². The molecule has 0 saturated heterocycles. The molecular weight excluding hydrogens is 210 g/mol. The van der Waals surface area contributed by atoms with E-state index in [1.807, 2.05) is 0 Å². The van der Waals surface area contributed by atoms with Crippen LogP contribution in [0.15, 0.2) is 0 Å². The molecule has 1 rings (SSSR count). The second kappa shape index (κ2) is 6.44. The Balaban J connectivity index is 1.98. The van der Waals surface area contributed by atoms with Gasteiger partial charge in [-0.1, -0.05) is 0 Å². The van der Waals surface area contributed by atoms with Crippen molar-refractivity contribution < 1.29 is 14.3 Å². The molecule has 1 atom stereocenters. The molecule has 6 nitrogen and oxygen atoms in total. The summed E-state index contributed by atoms with van der Waals surface area (Å²) in [6.07, 6.45) is 2.17. The third-order valence-corrected chi connectivity index (χ3v) is 2.26. The van der Waals surface area contributed by atoms with E-state index in [2.05, 4.69) is 10.6 Å². The molecule has 2 amide bonds. The van der Waals surface area contributed by atoms with Crippen molar-refractivity contribution in [1.29, 1.82) is 0 Å². The van der Waals surface area contributed by atoms with Gasteiger partial charge in [0.05, 0.1) is 12.6 Å². The smallest absolute Gasteiger partial charge is 0.243 e. The lowest BCUT2D eigenvalue weighted by Crippen LogP contribution is -2.44. The van der Waals surface area contributed by atoms with E-state index >= 15 is 0 Å². The second-order valence-electron chi connectivity index (χ2n) is 3.98. The largest absolute Gasteiger partial charge is 0.370 e. The van der Waals surface area contributed by atoms with E-state index in [9.17, 15) is 9.59 Å². The summed E-state index contributed by atoms with van der Waals surface area (Å²) in [6.45, 7) is 2.60. The van der Waals surface area contributed by atoms with Gasteiger partial charge in [-0.15, -0.1) is 0 Å². The van der Waals surface area contributed by atoms with Crippen LogP contribution in [0.2, 0.25) is 0 Å². The Kier molecular flexibility index (Phi) is 5.21. The fourth-order valence-corrected chi connectivity index (χ4v) is 1.17. The highest BCUT2D eigenvalue weighted by atomic mass is 16.5. The highest BCUT2D eigenvalue weighted by molar-refractivity contribution is 5.81. The SMILES string of the molecule is CC(NCCOCC(N)=O)C(=O)NC1CC1. The Morgan fingerprint density at radius 2 is 2.19 bits per heavy atom. The fourth-order valence-electron chi connectivity index (χ4n) is 1.17. The van der Waals surface area contributed by atoms with Crippen molar-refractivity contribution >= 4 is 11.8 Å². The number of carbonyl (C=O) groups is 2. The Morgan fingerprint density at radius 3 is 2.75 bits per heavy atom.